The van der Waals surface area contributed by atoms with Crippen molar-refractivity contribution in [3.63, 3.8) is 0 Å². The molecule has 6 nitrogen and oxygen atoms in total. The highest BCUT2D eigenvalue weighted by atomic mass is 35.5. The molecule has 0 saturated heterocycles. The summed E-state index contributed by atoms with van der Waals surface area (Å²) in [6.07, 6.45) is 0. The van der Waals surface area contributed by atoms with Crippen molar-refractivity contribution in [2.75, 3.05) is 27.0 Å². The second kappa shape index (κ2) is 8.97. The fraction of sp³-hybridized carbons (Fsp3) is 0.350. The molecule has 1 atom stereocenters. The van der Waals surface area contributed by atoms with Gasteiger partial charge in [0.1, 0.15) is 12.4 Å². The summed E-state index contributed by atoms with van der Waals surface area (Å²) in [6.45, 7) is 3.66. The molecule has 7 heteroatoms. The van der Waals surface area contributed by atoms with Crippen LogP contribution in [0.1, 0.15) is 12.5 Å². The van der Waals surface area contributed by atoms with Crippen molar-refractivity contribution in [3.8, 4) is 17.2 Å². The van der Waals surface area contributed by atoms with Gasteiger partial charge in [-0.1, -0.05) is 17.7 Å². The predicted octanol–water partition coefficient (Wildman–Crippen LogP) is 3.08. The third-order valence-electron chi connectivity index (χ3n) is 4.47. The van der Waals surface area contributed by atoms with Crippen LogP contribution in [0, 0.1) is 0 Å². The van der Waals surface area contributed by atoms with Crippen LogP contribution in [0.4, 0.5) is 0 Å². The first kappa shape index (κ1) is 19.3. The smallest absolute Gasteiger partial charge is 0.237 e. The van der Waals surface area contributed by atoms with Gasteiger partial charge in [0.25, 0.3) is 0 Å². The second-order valence-electron chi connectivity index (χ2n) is 6.36. The summed E-state index contributed by atoms with van der Waals surface area (Å²) in [7, 11) is 1.90. The zero-order valence-corrected chi connectivity index (χ0v) is 16.2. The van der Waals surface area contributed by atoms with Crippen molar-refractivity contribution in [2.24, 2.45) is 0 Å². The first-order valence-electron chi connectivity index (χ1n) is 8.78. The molecule has 1 aliphatic heterocycles. The molecule has 0 radical (unpaired) electrons. The van der Waals surface area contributed by atoms with Crippen molar-refractivity contribution in [3.05, 3.63) is 53.1 Å². The summed E-state index contributed by atoms with van der Waals surface area (Å²) in [5.74, 6) is 2.17. The largest absolute Gasteiger partial charge is 0.492 e. The minimum Gasteiger partial charge on any atom is -0.492 e. The number of rotatable bonds is 8. The number of benzene rings is 2. The minimum atomic E-state index is -0.271. The van der Waals surface area contributed by atoms with Crippen LogP contribution in [0.15, 0.2) is 42.5 Å². The summed E-state index contributed by atoms with van der Waals surface area (Å²) in [4.78, 5) is 14.3. The van der Waals surface area contributed by atoms with E-state index in [4.69, 9.17) is 25.8 Å². The number of nitrogens with zero attached hydrogens (tertiary/aromatic N) is 1. The van der Waals surface area contributed by atoms with Gasteiger partial charge in [0.05, 0.1) is 6.04 Å². The van der Waals surface area contributed by atoms with Crippen LogP contribution in [-0.2, 0) is 11.3 Å². The number of likely N-dealkylation sites (N-methyl/N-ethyl adjacent to an activating group) is 1. The number of fused-ring (bicyclic) bond motifs is 1. The Balaban J connectivity index is 1.41. The third-order valence-corrected chi connectivity index (χ3v) is 4.72. The molecule has 0 bridgehead atoms. The van der Waals surface area contributed by atoms with Gasteiger partial charge in [0.15, 0.2) is 11.5 Å². The van der Waals surface area contributed by atoms with E-state index < -0.39 is 0 Å². The number of hydrogen-bond donors (Lipinski definition) is 1. The van der Waals surface area contributed by atoms with Crippen molar-refractivity contribution >= 4 is 17.5 Å². The van der Waals surface area contributed by atoms with Gasteiger partial charge in [-0.05, 0) is 55.9 Å². The summed E-state index contributed by atoms with van der Waals surface area (Å²) < 4.78 is 16.3. The lowest BCUT2D eigenvalue weighted by Crippen LogP contribution is -2.44. The van der Waals surface area contributed by atoms with Gasteiger partial charge < -0.3 is 19.5 Å². The maximum atomic E-state index is 12.4. The van der Waals surface area contributed by atoms with Crippen LogP contribution in [0.5, 0.6) is 17.2 Å². The van der Waals surface area contributed by atoms with E-state index in [-0.39, 0.29) is 18.7 Å². The molecule has 1 aliphatic rings. The number of nitrogens with one attached hydrogen (secondary N) is 1. The number of amides is 1. The van der Waals surface area contributed by atoms with Crippen LogP contribution in [0.25, 0.3) is 0 Å². The van der Waals surface area contributed by atoms with E-state index in [2.05, 4.69) is 5.32 Å². The molecule has 1 amide bonds. The van der Waals surface area contributed by atoms with E-state index >= 15 is 0 Å². The Morgan fingerprint density at radius 3 is 2.74 bits per heavy atom. The summed E-state index contributed by atoms with van der Waals surface area (Å²) >= 11 is 5.85. The molecule has 3 rings (SSSR count). The average Bonchev–Trinajstić information content (AvgIpc) is 3.14. The summed E-state index contributed by atoms with van der Waals surface area (Å²) in [5, 5.41) is 3.63. The van der Waals surface area contributed by atoms with E-state index in [1.54, 1.807) is 12.1 Å². The average molecular weight is 391 g/mol. The molecule has 0 unspecified atom stereocenters. The predicted molar refractivity (Wildman–Crippen MR) is 103 cm³/mol. The Kier molecular flexibility index (Phi) is 6.42. The van der Waals surface area contributed by atoms with Gasteiger partial charge in [-0.3, -0.25) is 9.69 Å². The third kappa shape index (κ3) is 5.28. The van der Waals surface area contributed by atoms with Crippen LogP contribution in [0.3, 0.4) is 0 Å². The highest BCUT2D eigenvalue weighted by Crippen LogP contribution is 2.32. The van der Waals surface area contributed by atoms with E-state index in [0.29, 0.717) is 30.5 Å². The SMILES string of the molecule is C[C@@H](C(=O)NCc1ccc2c(c1)OCO2)N(C)CCOc1ccc(Cl)cc1. The van der Waals surface area contributed by atoms with Crippen molar-refractivity contribution in [1.82, 2.24) is 10.2 Å². The molecule has 1 heterocycles. The maximum absolute atomic E-state index is 12.4. The zero-order chi connectivity index (χ0) is 19.2. The first-order chi connectivity index (χ1) is 13.0. The first-order valence-corrected chi connectivity index (χ1v) is 9.15. The number of carbonyl (C=O) groups excluding carboxylic acids is 1. The highest BCUT2D eigenvalue weighted by molar-refractivity contribution is 6.30. The van der Waals surface area contributed by atoms with Crippen LogP contribution in [-0.4, -0.2) is 43.8 Å². The fourth-order valence-electron chi connectivity index (χ4n) is 2.62. The number of hydrogen-bond acceptors (Lipinski definition) is 5. The lowest BCUT2D eigenvalue weighted by Gasteiger charge is -2.24. The Morgan fingerprint density at radius 2 is 1.96 bits per heavy atom. The number of ether oxygens (including phenoxy) is 3. The van der Waals surface area contributed by atoms with E-state index in [1.165, 1.54) is 0 Å². The van der Waals surface area contributed by atoms with Crippen molar-refractivity contribution in [1.29, 1.82) is 0 Å². The molecule has 0 spiro atoms. The van der Waals surface area contributed by atoms with Gasteiger partial charge in [0.2, 0.25) is 12.7 Å². The van der Waals surface area contributed by atoms with Crippen molar-refractivity contribution < 1.29 is 19.0 Å². The van der Waals surface area contributed by atoms with E-state index in [1.807, 2.05) is 49.2 Å². The Morgan fingerprint density at radius 1 is 1.22 bits per heavy atom. The zero-order valence-electron chi connectivity index (χ0n) is 15.4. The standard InChI is InChI=1S/C20H23ClN2O4/c1-14(23(2)9-10-25-17-6-4-16(21)5-7-17)20(24)22-12-15-3-8-18-19(11-15)27-13-26-18/h3-8,11,14H,9-10,12-13H2,1-2H3,(H,22,24)/t14-/m0/s1. The van der Waals surface area contributed by atoms with Gasteiger partial charge in [-0.25, -0.2) is 0 Å². The molecule has 0 aliphatic carbocycles. The van der Waals surface area contributed by atoms with Crippen LogP contribution in [0.2, 0.25) is 5.02 Å². The lowest BCUT2D eigenvalue weighted by molar-refractivity contribution is -0.125. The fourth-order valence-corrected chi connectivity index (χ4v) is 2.75. The molecule has 1 N–H and O–H groups in total. The van der Waals surface area contributed by atoms with Gasteiger partial charge in [-0.2, -0.15) is 0 Å². The second-order valence-corrected chi connectivity index (χ2v) is 6.80. The van der Waals surface area contributed by atoms with Crippen molar-refractivity contribution in [2.45, 2.75) is 19.5 Å². The monoisotopic (exact) mass is 390 g/mol. The summed E-state index contributed by atoms with van der Waals surface area (Å²) in [5.41, 5.74) is 0.966. The van der Waals surface area contributed by atoms with Crippen LogP contribution >= 0.6 is 11.6 Å². The quantitative estimate of drug-likeness (QED) is 0.750. The van der Waals surface area contributed by atoms with Gasteiger partial charge >= 0.3 is 0 Å². The molecule has 0 aromatic heterocycles. The Labute approximate surface area is 164 Å². The normalized spacial score (nSPS) is 13.5. The molecule has 144 valence electrons. The molecule has 0 fully saturated rings. The molecule has 27 heavy (non-hydrogen) atoms. The van der Waals surface area contributed by atoms with Crippen LogP contribution < -0.4 is 19.5 Å². The van der Waals surface area contributed by atoms with Gasteiger partial charge in [-0.15, -0.1) is 0 Å². The molecular formula is C20H23ClN2O4. The molecule has 0 saturated carbocycles. The Bertz CT molecular complexity index is 782. The topological polar surface area (TPSA) is 60.0 Å². The Hall–Kier alpha value is -2.44. The molecular weight excluding hydrogens is 368 g/mol. The highest BCUT2D eigenvalue weighted by Gasteiger charge is 2.18. The number of carbonyl (C=O) groups is 1. The number of halogens is 1. The molecule has 2 aromatic rings. The minimum absolute atomic E-state index is 0.0401. The summed E-state index contributed by atoms with van der Waals surface area (Å²) in [6, 6.07) is 12.6. The van der Waals surface area contributed by atoms with E-state index in [0.717, 1.165) is 17.1 Å². The maximum Gasteiger partial charge on any atom is 0.237 e. The van der Waals surface area contributed by atoms with Gasteiger partial charge in [0, 0.05) is 18.1 Å². The molecule has 2 aromatic carbocycles. The van der Waals surface area contributed by atoms with E-state index in [9.17, 15) is 4.79 Å². The lowest BCUT2D eigenvalue weighted by atomic mass is 10.2.